The Morgan fingerprint density at radius 3 is 2.67 bits per heavy atom. The van der Waals surface area contributed by atoms with Crippen LogP contribution >= 0.6 is 0 Å². The summed E-state index contributed by atoms with van der Waals surface area (Å²) in [4.78, 5) is 6.77. The van der Waals surface area contributed by atoms with Crippen LogP contribution in [0.4, 0.5) is 14.6 Å². The van der Waals surface area contributed by atoms with Gasteiger partial charge in [-0.25, -0.2) is 9.37 Å². The maximum Gasteiger partial charge on any atom is 0.202 e. The maximum atomic E-state index is 15.3. The standard InChI is InChI=1S/C29H35F2N9O2/c30-26-24(6-7-25(27(26)31)42-13-5-4-12-38-10-2-1-3-11-38)40-29(35-36-37-40)23-16-20(17-33-28(23)32)21-18-34-39(19-21)22-8-14-41-15-9-22/h6-7,16-19,22H,1-5,8-15H2,(H2,32,33). The number of pyridine rings is 1. The number of aromatic nitrogens is 7. The molecule has 2 N–H and O–H groups in total. The summed E-state index contributed by atoms with van der Waals surface area (Å²) in [6, 6.07) is 4.83. The highest BCUT2D eigenvalue weighted by Gasteiger charge is 2.23. The Hall–Kier alpha value is -3.97. The van der Waals surface area contributed by atoms with Gasteiger partial charge < -0.3 is 20.1 Å². The van der Waals surface area contributed by atoms with Crippen molar-refractivity contribution in [3.63, 3.8) is 0 Å². The van der Waals surface area contributed by atoms with Crippen LogP contribution in [0, 0.1) is 11.6 Å². The number of benzene rings is 1. The second-order valence-corrected chi connectivity index (χ2v) is 10.8. The molecule has 4 aromatic rings. The minimum Gasteiger partial charge on any atom is -0.490 e. The van der Waals surface area contributed by atoms with Crippen LogP contribution in [0.5, 0.6) is 5.75 Å². The molecule has 2 aliphatic heterocycles. The number of anilines is 1. The van der Waals surface area contributed by atoms with E-state index in [-0.39, 0.29) is 29.1 Å². The van der Waals surface area contributed by atoms with Gasteiger partial charge in [-0.15, -0.1) is 5.10 Å². The molecule has 3 aromatic heterocycles. The lowest BCUT2D eigenvalue weighted by molar-refractivity contribution is 0.0662. The van der Waals surface area contributed by atoms with Gasteiger partial charge in [0.25, 0.3) is 0 Å². The van der Waals surface area contributed by atoms with Crippen molar-refractivity contribution < 1.29 is 18.3 Å². The van der Waals surface area contributed by atoms with Crippen LogP contribution in [0.3, 0.4) is 0 Å². The van der Waals surface area contributed by atoms with Crippen molar-refractivity contribution >= 4 is 5.82 Å². The van der Waals surface area contributed by atoms with E-state index in [1.54, 1.807) is 18.5 Å². The summed E-state index contributed by atoms with van der Waals surface area (Å²) >= 11 is 0. The molecule has 0 bridgehead atoms. The van der Waals surface area contributed by atoms with E-state index in [4.69, 9.17) is 15.2 Å². The molecule has 222 valence electrons. The van der Waals surface area contributed by atoms with E-state index in [9.17, 15) is 0 Å². The number of tetrazole rings is 1. The van der Waals surface area contributed by atoms with Gasteiger partial charge in [-0.3, -0.25) is 4.68 Å². The third-order valence-corrected chi connectivity index (χ3v) is 7.96. The van der Waals surface area contributed by atoms with Crippen molar-refractivity contribution in [3.8, 4) is 34.0 Å². The fraction of sp³-hybridized carbons (Fsp3) is 0.483. The van der Waals surface area contributed by atoms with Crippen LogP contribution in [0.15, 0.2) is 36.8 Å². The van der Waals surface area contributed by atoms with Gasteiger partial charge in [0.05, 0.1) is 24.4 Å². The number of hydrogen-bond acceptors (Lipinski definition) is 9. The Balaban J connectivity index is 1.17. The fourth-order valence-electron chi connectivity index (χ4n) is 5.57. The lowest BCUT2D eigenvalue weighted by Crippen LogP contribution is -2.30. The molecule has 1 aromatic carbocycles. The summed E-state index contributed by atoms with van der Waals surface area (Å²) in [5, 5.41) is 16.2. The number of hydrogen-bond donors (Lipinski definition) is 1. The molecular weight excluding hydrogens is 544 g/mol. The minimum atomic E-state index is -1.12. The first-order valence-electron chi connectivity index (χ1n) is 14.6. The fourth-order valence-corrected chi connectivity index (χ4v) is 5.57. The molecule has 13 heteroatoms. The van der Waals surface area contributed by atoms with Crippen molar-refractivity contribution in [2.24, 2.45) is 0 Å². The van der Waals surface area contributed by atoms with Crippen LogP contribution in [0.1, 0.15) is 51.0 Å². The Morgan fingerprint density at radius 2 is 1.83 bits per heavy atom. The minimum absolute atomic E-state index is 0.128. The number of nitrogens with two attached hydrogens (primary N) is 1. The van der Waals surface area contributed by atoms with Gasteiger partial charge in [-0.2, -0.15) is 14.2 Å². The third kappa shape index (κ3) is 6.12. The Kier molecular flexibility index (Phi) is 8.65. The third-order valence-electron chi connectivity index (χ3n) is 7.96. The number of rotatable bonds is 10. The number of halogens is 2. The zero-order chi connectivity index (χ0) is 28.9. The lowest BCUT2D eigenvalue weighted by Gasteiger charge is -2.26. The van der Waals surface area contributed by atoms with Gasteiger partial charge in [-0.05, 0) is 86.8 Å². The van der Waals surface area contributed by atoms with E-state index in [0.29, 0.717) is 25.4 Å². The van der Waals surface area contributed by atoms with Gasteiger partial charge in [0.1, 0.15) is 11.5 Å². The van der Waals surface area contributed by atoms with E-state index in [2.05, 4.69) is 30.5 Å². The monoisotopic (exact) mass is 579 g/mol. The average molecular weight is 580 g/mol. The normalized spacial score (nSPS) is 16.6. The first-order valence-corrected chi connectivity index (χ1v) is 14.6. The maximum absolute atomic E-state index is 15.3. The van der Waals surface area contributed by atoms with E-state index in [0.717, 1.165) is 61.1 Å². The smallest absolute Gasteiger partial charge is 0.202 e. The summed E-state index contributed by atoms with van der Waals surface area (Å²) in [6.45, 7) is 4.99. The molecular formula is C29H35F2N9O2. The largest absolute Gasteiger partial charge is 0.490 e. The summed E-state index contributed by atoms with van der Waals surface area (Å²) in [5.41, 5.74) is 7.99. The molecule has 0 unspecified atom stereocenters. The van der Waals surface area contributed by atoms with E-state index < -0.39 is 11.6 Å². The molecule has 2 saturated heterocycles. The van der Waals surface area contributed by atoms with Crippen LogP contribution in [-0.4, -0.2) is 79.3 Å². The molecule has 0 aliphatic carbocycles. The van der Waals surface area contributed by atoms with Crippen LogP contribution in [0.2, 0.25) is 0 Å². The molecule has 11 nitrogen and oxygen atoms in total. The Bertz CT molecular complexity index is 1500. The van der Waals surface area contributed by atoms with Gasteiger partial charge in [0.15, 0.2) is 17.4 Å². The number of nitrogen functional groups attached to an aromatic ring is 1. The quantitative estimate of drug-likeness (QED) is 0.272. The van der Waals surface area contributed by atoms with Gasteiger partial charge in [0, 0.05) is 36.7 Å². The Labute approximate surface area is 242 Å². The lowest BCUT2D eigenvalue weighted by atomic mass is 10.1. The molecule has 42 heavy (non-hydrogen) atoms. The van der Waals surface area contributed by atoms with Crippen molar-refractivity contribution in [1.29, 1.82) is 0 Å². The summed E-state index contributed by atoms with van der Waals surface area (Å²) in [6.07, 6.45) is 12.6. The molecule has 0 atom stereocenters. The number of unbranched alkanes of at least 4 members (excludes halogenated alkanes) is 1. The van der Waals surface area contributed by atoms with Crippen LogP contribution < -0.4 is 10.5 Å². The van der Waals surface area contributed by atoms with Gasteiger partial charge in [0.2, 0.25) is 5.82 Å². The number of piperidine rings is 1. The second-order valence-electron chi connectivity index (χ2n) is 10.8. The zero-order valence-corrected chi connectivity index (χ0v) is 23.5. The SMILES string of the molecule is Nc1ncc(-c2cnn(C3CCOCC3)c2)cc1-c1nnnn1-c1ccc(OCCCCN2CCCCC2)c(F)c1F. The number of nitrogens with zero attached hydrogens (tertiary/aromatic N) is 8. The topological polar surface area (TPSA) is 122 Å². The Morgan fingerprint density at radius 1 is 1.00 bits per heavy atom. The summed E-state index contributed by atoms with van der Waals surface area (Å²) < 4.78 is 44.5. The molecule has 6 rings (SSSR count). The van der Waals surface area contributed by atoms with Gasteiger partial charge >= 0.3 is 0 Å². The summed E-state index contributed by atoms with van der Waals surface area (Å²) in [7, 11) is 0. The molecule has 2 aliphatic rings. The van der Waals surface area contributed by atoms with Gasteiger partial charge in [-0.1, -0.05) is 6.42 Å². The predicted octanol–water partition coefficient (Wildman–Crippen LogP) is 4.44. The molecule has 0 spiro atoms. The molecule has 0 saturated carbocycles. The molecule has 5 heterocycles. The molecule has 0 amide bonds. The molecule has 2 fully saturated rings. The van der Waals surface area contributed by atoms with Crippen molar-refractivity contribution in [1.82, 2.24) is 39.9 Å². The number of likely N-dealkylation sites (tertiary alicyclic amines) is 1. The van der Waals surface area contributed by atoms with E-state index >= 15 is 8.78 Å². The zero-order valence-electron chi connectivity index (χ0n) is 23.5. The predicted molar refractivity (Wildman–Crippen MR) is 152 cm³/mol. The second kappa shape index (κ2) is 12.9. The van der Waals surface area contributed by atoms with Crippen LogP contribution in [-0.2, 0) is 4.74 Å². The van der Waals surface area contributed by atoms with E-state index in [1.807, 2.05) is 10.9 Å². The van der Waals surface area contributed by atoms with Crippen LogP contribution in [0.25, 0.3) is 28.2 Å². The average Bonchev–Trinajstić information content (AvgIpc) is 3.71. The highest BCUT2D eigenvalue weighted by molar-refractivity contribution is 5.76. The first-order chi connectivity index (χ1) is 20.6. The van der Waals surface area contributed by atoms with Crippen molar-refractivity contribution in [3.05, 3.63) is 48.4 Å². The van der Waals surface area contributed by atoms with E-state index in [1.165, 1.54) is 31.4 Å². The highest BCUT2D eigenvalue weighted by atomic mass is 19.2. The highest BCUT2D eigenvalue weighted by Crippen LogP contribution is 2.32. The first kappa shape index (κ1) is 28.2. The van der Waals surface area contributed by atoms with Crippen molar-refractivity contribution in [2.45, 2.75) is 51.0 Å². The molecule has 0 radical (unpaired) electrons. The summed E-state index contributed by atoms with van der Waals surface area (Å²) in [5.74, 6) is -2.07. The number of ether oxygens (including phenoxy) is 2. The van der Waals surface area contributed by atoms with Crippen molar-refractivity contribution in [2.75, 3.05) is 45.2 Å².